The van der Waals surface area contributed by atoms with E-state index in [2.05, 4.69) is 0 Å². The molecule has 34 heavy (non-hydrogen) atoms. The van der Waals surface area contributed by atoms with Crippen molar-refractivity contribution in [1.29, 1.82) is 0 Å². The molecule has 0 aliphatic carbocycles. The molecule has 0 saturated heterocycles. The summed E-state index contributed by atoms with van der Waals surface area (Å²) in [5.41, 5.74) is 1.05. The van der Waals surface area contributed by atoms with Crippen molar-refractivity contribution in [3.8, 4) is 11.4 Å². The van der Waals surface area contributed by atoms with Crippen molar-refractivity contribution in [2.45, 2.75) is 26.4 Å². The number of hydrogen-bond acceptors (Lipinski definition) is 5. The highest BCUT2D eigenvalue weighted by Gasteiger charge is 2.28. The highest BCUT2D eigenvalue weighted by Crippen LogP contribution is 2.34. The monoisotopic (exact) mass is 479 g/mol. The van der Waals surface area contributed by atoms with Gasteiger partial charge in [-0.25, -0.2) is 13.8 Å². The van der Waals surface area contributed by atoms with Crippen LogP contribution in [0.4, 0.5) is 4.39 Å². The van der Waals surface area contributed by atoms with Crippen LogP contribution in [0.2, 0.25) is 0 Å². The molecule has 9 heteroatoms. The molecule has 0 N–H and O–H groups in total. The van der Waals surface area contributed by atoms with Gasteiger partial charge in [0.05, 0.1) is 31.3 Å². The predicted octanol–water partition coefficient (Wildman–Crippen LogP) is 3.31. The molecule has 2 aromatic heterocycles. The second kappa shape index (κ2) is 8.57. The Bertz CT molecular complexity index is 1540. The number of halogens is 1. The number of amides is 1. The van der Waals surface area contributed by atoms with Crippen molar-refractivity contribution in [2.75, 3.05) is 13.7 Å². The fourth-order valence-electron chi connectivity index (χ4n) is 4.41. The number of hydrogen-bond donors (Lipinski definition) is 0. The summed E-state index contributed by atoms with van der Waals surface area (Å²) >= 11 is 1.36. The fraction of sp³-hybridized carbons (Fsp3) is 0.240. The Balaban J connectivity index is 1.81. The zero-order valence-electron chi connectivity index (χ0n) is 18.7. The maximum absolute atomic E-state index is 13.8. The third-order valence-corrected chi connectivity index (χ3v) is 7.39. The highest BCUT2D eigenvalue weighted by atomic mass is 32.1. The topological polar surface area (TPSA) is 73.5 Å². The summed E-state index contributed by atoms with van der Waals surface area (Å²) in [7, 11) is 1.49. The molecule has 2 aromatic carbocycles. The fourth-order valence-corrected chi connectivity index (χ4v) is 5.76. The molecule has 7 nitrogen and oxygen atoms in total. The highest BCUT2D eigenvalue weighted by molar-refractivity contribution is 7.18. The van der Waals surface area contributed by atoms with Gasteiger partial charge in [-0.3, -0.25) is 14.2 Å². The smallest absolute Gasteiger partial charge is 0.337 e. The van der Waals surface area contributed by atoms with Crippen LogP contribution < -0.4 is 16.0 Å². The molecule has 0 atom stereocenters. The number of carbonyl (C=O) groups is 1. The number of fused-ring (bicyclic) bond motifs is 3. The lowest BCUT2D eigenvalue weighted by molar-refractivity contribution is -0.129. The zero-order chi connectivity index (χ0) is 24.0. The van der Waals surface area contributed by atoms with Crippen LogP contribution in [-0.4, -0.2) is 33.6 Å². The first kappa shape index (κ1) is 22.1. The normalized spacial score (nSPS) is 13.2. The van der Waals surface area contributed by atoms with E-state index in [0.29, 0.717) is 41.2 Å². The van der Waals surface area contributed by atoms with Gasteiger partial charge in [-0.05, 0) is 41.8 Å². The van der Waals surface area contributed by atoms with E-state index in [1.165, 1.54) is 37.5 Å². The van der Waals surface area contributed by atoms with Gasteiger partial charge in [0.25, 0.3) is 5.56 Å². The van der Waals surface area contributed by atoms with Crippen LogP contribution in [0, 0.1) is 5.82 Å². The predicted molar refractivity (Wildman–Crippen MR) is 129 cm³/mol. The molecular formula is C25H22FN3O4S. The molecule has 1 amide bonds. The maximum Gasteiger partial charge on any atom is 0.337 e. The molecule has 0 saturated carbocycles. The van der Waals surface area contributed by atoms with Gasteiger partial charge in [-0.1, -0.05) is 24.3 Å². The number of ether oxygens (including phenoxy) is 1. The number of benzene rings is 2. The summed E-state index contributed by atoms with van der Waals surface area (Å²) in [5, 5.41) is 0.482. The van der Waals surface area contributed by atoms with Crippen molar-refractivity contribution in [3.63, 3.8) is 0 Å². The molecule has 3 heterocycles. The number of aromatic nitrogens is 2. The molecule has 5 rings (SSSR count). The van der Waals surface area contributed by atoms with Gasteiger partial charge >= 0.3 is 5.69 Å². The van der Waals surface area contributed by atoms with Gasteiger partial charge in [0.15, 0.2) is 0 Å². The molecule has 0 spiro atoms. The van der Waals surface area contributed by atoms with Crippen LogP contribution in [0.25, 0.3) is 15.9 Å². The lowest BCUT2D eigenvalue weighted by Crippen LogP contribution is -2.39. The molecule has 1 aliphatic rings. The summed E-state index contributed by atoms with van der Waals surface area (Å²) in [4.78, 5) is 42.7. The molecule has 0 radical (unpaired) electrons. The Morgan fingerprint density at radius 1 is 1.12 bits per heavy atom. The standard InChI is InChI=1S/C25H22FN3O4S/c1-15(30)27-12-11-18-21(14-27)34-24-22(18)23(31)29(19-5-3-4-6-20(19)33-2)25(32)28(24)13-16-7-9-17(26)10-8-16/h3-10H,11-14H2,1-2H3. The second-order valence-electron chi connectivity index (χ2n) is 8.18. The SMILES string of the molecule is COc1ccccc1-n1c(=O)c2c3c(sc2n(Cc2ccc(F)cc2)c1=O)CN(C(C)=O)CC3. The van der Waals surface area contributed by atoms with Gasteiger partial charge < -0.3 is 9.64 Å². The van der Waals surface area contributed by atoms with E-state index in [9.17, 15) is 18.8 Å². The molecule has 0 unspecified atom stereocenters. The first-order valence-electron chi connectivity index (χ1n) is 10.8. The lowest BCUT2D eigenvalue weighted by Gasteiger charge is -2.25. The quantitative estimate of drug-likeness (QED) is 0.450. The van der Waals surface area contributed by atoms with Crippen molar-refractivity contribution in [2.24, 2.45) is 0 Å². The van der Waals surface area contributed by atoms with Crippen LogP contribution in [0.1, 0.15) is 22.9 Å². The summed E-state index contributed by atoms with van der Waals surface area (Å²) in [6.45, 7) is 2.61. The number of para-hydroxylation sites is 2. The zero-order valence-corrected chi connectivity index (χ0v) is 19.5. The number of nitrogens with zero attached hydrogens (tertiary/aromatic N) is 3. The van der Waals surface area contributed by atoms with E-state index in [1.54, 1.807) is 45.9 Å². The number of thiophene rings is 1. The summed E-state index contributed by atoms with van der Waals surface area (Å²) < 4.78 is 21.6. The third kappa shape index (κ3) is 3.62. The summed E-state index contributed by atoms with van der Waals surface area (Å²) in [5.74, 6) is 0.00984. The van der Waals surface area contributed by atoms with Gasteiger partial charge in [-0.2, -0.15) is 0 Å². The van der Waals surface area contributed by atoms with Gasteiger partial charge in [-0.15, -0.1) is 11.3 Å². The van der Waals surface area contributed by atoms with Crippen LogP contribution >= 0.6 is 11.3 Å². The molecular weight excluding hydrogens is 457 g/mol. The number of carbonyl (C=O) groups excluding carboxylic acids is 1. The molecule has 0 fully saturated rings. The molecule has 0 bridgehead atoms. The Labute approximate surface area is 198 Å². The van der Waals surface area contributed by atoms with Crippen molar-refractivity contribution in [1.82, 2.24) is 14.0 Å². The molecule has 174 valence electrons. The minimum absolute atomic E-state index is 0.0294. The molecule has 4 aromatic rings. The van der Waals surface area contributed by atoms with E-state index < -0.39 is 11.2 Å². The van der Waals surface area contributed by atoms with Crippen LogP contribution in [0.3, 0.4) is 0 Å². The Kier molecular flexibility index (Phi) is 5.57. The van der Waals surface area contributed by atoms with Crippen LogP contribution in [-0.2, 0) is 24.3 Å². The minimum Gasteiger partial charge on any atom is -0.495 e. The first-order valence-corrected chi connectivity index (χ1v) is 11.6. The van der Waals surface area contributed by atoms with Crippen molar-refractivity contribution in [3.05, 3.63) is 91.2 Å². The summed E-state index contributed by atoms with van der Waals surface area (Å²) in [6.07, 6.45) is 0.533. The van der Waals surface area contributed by atoms with E-state index in [4.69, 9.17) is 4.74 Å². The van der Waals surface area contributed by atoms with E-state index in [0.717, 1.165) is 20.6 Å². The largest absolute Gasteiger partial charge is 0.495 e. The Hall–Kier alpha value is -3.72. The van der Waals surface area contributed by atoms with Gasteiger partial charge in [0.2, 0.25) is 5.91 Å². The average molecular weight is 480 g/mol. The van der Waals surface area contributed by atoms with E-state index in [-0.39, 0.29) is 18.3 Å². The van der Waals surface area contributed by atoms with Crippen LogP contribution in [0.15, 0.2) is 58.1 Å². The van der Waals surface area contributed by atoms with Crippen molar-refractivity contribution >= 4 is 27.5 Å². The minimum atomic E-state index is -0.506. The Morgan fingerprint density at radius 3 is 2.56 bits per heavy atom. The molecule has 1 aliphatic heterocycles. The average Bonchev–Trinajstić information content (AvgIpc) is 3.22. The number of methoxy groups -OCH3 is 1. The lowest BCUT2D eigenvalue weighted by atomic mass is 10.1. The maximum atomic E-state index is 13.8. The third-order valence-electron chi connectivity index (χ3n) is 6.15. The second-order valence-corrected chi connectivity index (χ2v) is 9.27. The first-order chi connectivity index (χ1) is 16.4. The summed E-state index contributed by atoms with van der Waals surface area (Å²) in [6, 6.07) is 12.8. The van der Waals surface area contributed by atoms with E-state index >= 15 is 0 Å². The van der Waals surface area contributed by atoms with Gasteiger partial charge in [0.1, 0.15) is 16.4 Å². The Morgan fingerprint density at radius 2 is 1.85 bits per heavy atom. The van der Waals surface area contributed by atoms with Crippen molar-refractivity contribution < 1.29 is 13.9 Å². The number of rotatable bonds is 4. The van der Waals surface area contributed by atoms with Crippen LogP contribution in [0.5, 0.6) is 5.75 Å². The van der Waals surface area contributed by atoms with Gasteiger partial charge in [0, 0.05) is 18.3 Å². The van der Waals surface area contributed by atoms with E-state index in [1.807, 2.05) is 0 Å².